The van der Waals surface area contributed by atoms with Gasteiger partial charge in [0.2, 0.25) is 12.2 Å². The van der Waals surface area contributed by atoms with E-state index in [-0.39, 0.29) is 16.9 Å². The van der Waals surface area contributed by atoms with Gasteiger partial charge in [0.15, 0.2) is 0 Å². The zero-order valence-electron chi connectivity index (χ0n) is 16.1. The fourth-order valence-electron chi connectivity index (χ4n) is 2.87. The molecule has 0 spiro atoms. The molecule has 2 heterocycles. The van der Waals surface area contributed by atoms with Crippen molar-refractivity contribution in [3.05, 3.63) is 46.4 Å². The molecule has 0 saturated carbocycles. The number of amides is 2. The number of allylic oxidation sites excluding steroid dienone is 2. The number of hydrogen-bond donors (Lipinski definition) is 2. The summed E-state index contributed by atoms with van der Waals surface area (Å²) >= 11 is 13.0. The van der Waals surface area contributed by atoms with Gasteiger partial charge in [0.25, 0.3) is 11.8 Å². The van der Waals surface area contributed by atoms with Gasteiger partial charge in [-0.1, -0.05) is 26.7 Å². The number of carbonyl (C=O) groups is 2. The molecule has 2 N–H and O–H groups in total. The van der Waals surface area contributed by atoms with Crippen molar-refractivity contribution in [2.45, 2.75) is 51.7 Å². The second-order valence-corrected chi connectivity index (χ2v) is 11.7. The van der Waals surface area contributed by atoms with Gasteiger partial charge in [-0.2, -0.15) is 9.68 Å². The zero-order valence-corrected chi connectivity index (χ0v) is 22.5. The van der Waals surface area contributed by atoms with Crippen LogP contribution < -0.4 is 10.6 Å². The number of carbonyl (C=O) groups excluding carboxylic acids is 2. The number of rotatable bonds is 10. The summed E-state index contributed by atoms with van der Waals surface area (Å²) in [5, 5.41) is 5.36. The fraction of sp³-hybridized carbons (Fsp3) is 0.444. The monoisotopic (exact) mass is 674 g/mol. The van der Waals surface area contributed by atoms with Crippen LogP contribution in [0.5, 0.6) is 0 Å². The molecule has 30 heavy (non-hydrogen) atoms. The van der Waals surface area contributed by atoms with Crippen molar-refractivity contribution in [3.63, 3.8) is 0 Å². The molecule has 2 unspecified atom stereocenters. The number of nitrogens with zero attached hydrogens (tertiary/aromatic N) is 1. The summed E-state index contributed by atoms with van der Waals surface area (Å²) < 4.78 is 1.15. The van der Waals surface area contributed by atoms with Crippen LogP contribution in [0.15, 0.2) is 41.5 Å². The Kier molecular flexibility index (Phi) is 9.76. The van der Waals surface area contributed by atoms with Gasteiger partial charge >= 0.3 is 5.09 Å². The molecule has 0 aromatic rings. The Morgan fingerprint density at radius 2 is 1.23 bits per heavy atom. The van der Waals surface area contributed by atoms with Crippen LogP contribution in [0, 0.1) is 4.91 Å². The lowest BCUT2D eigenvalue weighted by atomic mass is 10.1. The Morgan fingerprint density at radius 3 is 1.50 bits per heavy atom. The maximum absolute atomic E-state index is 12.5. The molecule has 2 rings (SSSR count). The average molecular weight is 678 g/mol. The van der Waals surface area contributed by atoms with Crippen LogP contribution in [0.1, 0.15) is 39.5 Å². The Bertz CT molecular complexity index is 790. The number of nitrogens with one attached hydrogen (secondary N) is 2. The summed E-state index contributed by atoms with van der Waals surface area (Å²) in [6.07, 6.45) is 3.83. The zero-order chi connectivity index (χ0) is 22.4. The minimum absolute atomic E-state index is 0.00133. The minimum atomic E-state index is -0.801. The molecule has 2 atom stereocenters. The molecule has 0 aromatic heterocycles. The molecule has 0 fully saturated rings. The molecule has 0 radical (unpaired) electrons. The summed E-state index contributed by atoms with van der Waals surface area (Å²) in [4.78, 5) is 47.9. The minimum Gasteiger partial charge on any atom is -0.321 e. The maximum atomic E-state index is 12.5. The Labute approximate surface area is 207 Å². The fourth-order valence-corrected chi connectivity index (χ4v) is 3.73. The van der Waals surface area contributed by atoms with Gasteiger partial charge in [0.05, 0.1) is 29.3 Å². The summed E-state index contributed by atoms with van der Waals surface area (Å²) in [6, 6.07) is 0. The van der Waals surface area contributed by atoms with Crippen molar-refractivity contribution in [2.75, 3.05) is 0 Å². The van der Waals surface area contributed by atoms with E-state index in [4.69, 9.17) is 9.68 Å². The van der Waals surface area contributed by atoms with Crippen molar-refractivity contribution in [2.24, 2.45) is 0 Å². The van der Waals surface area contributed by atoms with Gasteiger partial charge in [-0.3, -0.25) is 9.59 Å². The molecule has 164 valence electrons. The predicted molar refractivity (Wildman–Crippen MR) is 125 cm³/mol. The maximum Gasteiger partial charge on any atom is 0.478 e. The number of halogens is 4. The lowest BCUT2D eigenvalue weighted by molar-refractivity contribution is -0.990. The topological polar surface area (TPSA) is 96.7 Å². The van der Waals surface area contributed by atoms with Crippen LogP contribution in [0.3, 0.4) is 0 Å². The molecular formula is C18H20Br4N3O5+. The van der Waals surface area contributed by atoms with E-state index < -0.39 is 12.2 Å². The standard InChI is InChI=1S/C18H19Br4N3O5/c1-3-5-13(9-7-11(15(19)20)23-17(9)26)29-25(28)30-14(6-4-2)10-8-12(16(21)22)24-18(10)27/h7-8,13-14H,3-6H2,1-2H3,(H-,23,24,26,27)/p+1. The van der Waals surface area contributed by atoms with Crippen molar-refractivity contribution in [1.82, 2.24) is 10.6 Å². The molecule has 12 heteroatoms. The highest BCUT2D eigenvalue weighted by Gasteiger charge is 2.38. The van der Waals surface area contributed by atoms with E-state index in [1.807, 2.05) is 13.8 Å². The molecule has 0 bridgehead atoms. The lowest BCUT2D eigenvalue weighted by Crippen LogP contribution is -2.32. The molecular weight excluding hydrogens is 658 g/mol. The van der Waals surface area contributed by atoms with Gasteiger partial charge in [-0.25, -0.2) is 0 Å². The van der Waals surface area contributed by atoms with Crippen LogP contribution in [-0.2, 0) is 19.3 Å². The lowest BCUT2D eigenvalue weighted by Gasteiger charge is -2.12. The predicted octanol–water partition coefficient (Wildman–Crippen LogP) is 5.00. The molecule has 0 aliphatic carbocycles. The SMILES string of the molecule is CCCC(O[N+](=O)OC(CCC)C1=CC(=C(Br)Br)NC1=O)C1=CC(=C(Br)Br)NC1=O. The summed E-state index contributed by atoms with van der Waals surface area (Å²) in [6.45, 7) is 3.83. The van der Waals surface area contributed by atoms with E-state index in [0.717, 1.165) is 0 Å². The first-order chi connectivity index (χ1) is 14.2. The molecule has 2 aliphatic rings. The first-order valence-corrected chi connectivity index (χ1v) is 12.3. The Balaban J connectivity index is 2.17. The van der Waals surface area contributed by atoms with E-state index in [9.17, 15) is 14.5 Å². The first-order valence-electron chi connectivity index (χ1n) is 9.15. The van der Waals surface area contributed by atoms with E-state index >= 15 is 0 Å². The highest BCUT2D eigenvalue weighted by Crippen LogP contribution is 2.28. The van der Waals surface area contributed by atoms with E-state index in [1.54, 1.807) is 12.2 Å². The quantitative estimate of drug-likeness (QED) is 0.318. The highest BCUT2D eigenvalue weighted by molar-refractivity contribution is 9.28. The van der Waals surface area contributed by atoms with Crippen LogP contribution in [-0.4, -0.2) is 29.1 Å². The van der Waals surface area contributed by atoms with E-state index in [0.29, 0.717) is 55.0 Å². The third kappa shape index (κ3) is 6.51. The third-order valence-corrected chi connectivity index (χ3v) is 5.96. The first kappa shape index (κ1) is 25.3. The van der Waals surface area contributed by atoms with Gasteiger partial charge in [-0.15, -0.1) is 0 Å². The van der Waals surface area contributed by atoms with Crippen molar-refractivity contribution >= 4 is 75.5 Å². The third-order valence-electron chi connectivity index (χ3n) is 4.25. The summed E-state index contributed by atoms with van der Waals surface area (Å²) in [7, 11) is 0. The van der Waals surface area contributed by atoms with Gasteiger partial charge < -0.3 is 10.6 Å². The number of hydrogen-bond acceptors (Lipinski definition) is 5. The normalized spacial score (nSPS) is 17.7. The molecule has 0 aromatic carbocycles. The van der Waals surface area contributed by atoms with Crippen molar-refractivity contribution < 1.29 is 24.4 Å². The van der Waals surface area contributed by atoms with Gasteiger partial charge in [0, 0.05) is 0 Å². The second kappa shape index (κ2) is 11.6. The second-order valence-electron chi connectivity index (χ2n) is 6.44. The molecule has 0 saturated heterocycles. The highest BCUT2D eigenvalue weighted by atomic mass is 79.9. The van der Waals surface area contributed by atoms with Gasteiger partial charge in [0.1, 0.15) is 4.91 Å². The molecule has 2 aliphatic heterocycles. The van der Waals surface area contributed by atoms with Gasteiger partial charge in [-0.05, 0) is 88.7 Å². The van der Waals surface area contributed by atoms with Crippen LogP contribution >= 0.6 is 63.7 Å². The summed E-state index contributed by atoms with van der Waals surface area (Å²) in [5.41, 5.74) is 1.70. The van der Waals surface area contributed by atoms with E-state index in [1.165, 1.54) is 0 Å². The Morgan fingerprint density at radius 1 is 0.867 bits per heavy atom. The molecule has 2 amide bonds. The van der Waals surface area contributed by atoms with Crippen molar-refractivity contribution in [3.8, 4) is 0 Å². The van der Waals surface area contributed by atoms with Crippen LogP contribution in [0.2, 0.25) is 0 Å². The largest absolute Gasteiger partial charge is 0.478 e. The Hall–Kier alpha value is -0.980. The van der Waals surface area contributed by atoms with E-state index in [2.05, 4.69) is 74.4 Å². The smallest absolute Gasteiger partial charge is 0.321 e. The molecule has 8 nitrogen and oxygen atoms in total. The van der Waals surface area contributed by atoms with Crippen LogP contribution in [0.4, 0.5) is 0 Å². The van der Waals surface area contributed by atoms with Crippen LogP contribution in [0.25, 0.3) is 0 Å². The summed E-state index contributed by atoms with van der Waals surface area (Å²) in [5.74, 6) is -0.707. The van der Waals surface area contributed by atoms with Crippen molar-refractivity contribution in [1.29, 1.82) is 0 Å². The average Bonchev–Trinajstić information content (AvgIpc) is 3.24.